The van der Waals surface area contributed by atoms with E-state index in [2.05, 4.69) is 0 Å². The van der Waals surface area contributed by atoms with Crippen LogP contribution in [-0.2, 0) is 10.2 Å². The molecule has 0 unspecified atom stereocenters. The third-order valence-electron chi connectivity index (χ3n) is 4.60. The predicted molar refractivity (Wildman–Crippen MR) is 104 cm³/mol. The van der Waals surface area contributed by atoms with E-state index in [1.165, 1.54) is 6.07 Å². The Bertz CT molecular complexity index is 995. The molecular weight excluding hydrogens is 408 g/mol. The van der Waals surface area contributed by atoms with Crippen LogP contribution in [0.1, 0.15) is 20.8 Å². The van der Waals surface area contributed by atoms with Crippen LogP contribution in [0, 0.1) is 0 Å². The van der Waals surface area contributed by atoms with E-state index >= 15 is 0 Å². The van der Waals surface area contributed by atoms with Gasteiger partial charge in [0, 0.05) is 43.5 Å². The third kappa shape index (κ3) is 4.04. The van der Waals surface area contributed by atoms with Crippen LogP contribution in [0.5, 0.6) is 0 Å². The maximum atomic E-state index is 12.6. The number of carbonyl (C=O) groups is 2. The first kappa shape index (κ1) is 20.3. The number of carboxylic acid groups (broad SMARTS) is 1. The SMILES string of the molecule is NS(=O)(=O)n1ccc(-c2ccc(C(=O)N3CCN(CCl)CC3)cc2)c1C(=O)O. The first-order valence-electron chi connectivity index (χ1n) is 8.38. The van der Waals surface area contributed by atoms with Gasteiger partial charge in [0.25, 0.3) is 5.91 Å². The monoisotopic (exact) mass is 426 g/mol. The molecule has 1 fully saturated rings. The van der Waals surface area contributed by atoms with Gasteiger partial charge in [0.15, 0.2) is 5.69 Å². The first-order chi connectivity index (χ1) is 13.2. The number of rotatable bonds is 5. The molecule has 3 rings (SSSR count). The van der Waals surface area contributed by atoms with Gasteiger partial charge < -0.3 is 10.0 Å². The molecule has 9 nitrogen and oxygen atoms in total. The van der Waals surface area contributed by atoms with Crippen LogP contribution in [0.2, 0.25) is 0 Å². The van der Waals surface area contributed by atoms with Crippen molar-refractivity contribution in [3.63, 3.8) is 0 Å². The molecule has 1 aromatic carbocycles. The van der Waals surface area contributed by atoms with Gasteiger partial charge in [-0.3, -0.25) is 9.69 Å². The van der Waals surface area contributed by atoms with Gasteiger partial charge in [-0.15, -0.1) is 11.6 Å². The van der Waals surface area contributed by atoms with Crippen molar-refractivity contribution >= 4 is 33.7 Å². The van der Waals surface area contributed by atoms with E-state index in [-0.39, 0.29) is 11.5 Å². The average molecular weight is 427 g/mol. The molecule has 0 atom stereocenters. The Morgan fingerprint density at radius 2 is 1.68 bits per heavy atom. The highest BCUT2D eigenvalue weighted by Crippen LogP contribution is 2.26. The molecule has 2 aromatic rings. The van der Waals surface area contributed by atoms with Crippen molar-refractivity contribution in [1.29, 1.82) is 0 Å². The number of hydrogen-bond donors (Lipinski definition) is 2. The summed E-state index contributed by atoms with van der Waals surface area (Å²) in [7, 11) is -4.25. The second kappa shape index (κ2) is 7.92. The van der Waals surface area contributed by atoms with E-state index in [0.29, 0.717) is 47.3 Å². The van der Waals surface area contributed by atoms with Gasteiger partial charge in [-0.2, -0.15) is 8.42 Å². The second-order valence-corrected chi connectivity index (χ2v) is 7.99. The Labute approximate surface area is 167 Å². The van der Waals surface area contributed by atoms with Gasteiger partial charge >= 0.3 is 16.2 Å². The molecule has 0 aliphatic carbocycles. The minimum absolute atomic E-state index is 0.124. The van der Waals surface area contributed by atoms with Crippen molar-refractivity contribution in [2.24, 2.45) is 5.14 Å². The molecule has 28 heavy (non-hydrogen) atoms. The van der Waals surface area contributed by atoms with E-state index in [1.54, 1.807) is 29.2 Å². The lowest BCUT2D eigenvalue weighted by molar-refractivity contribution is 0.0654. The van der Waals surface area contributed by atoms with Gasteiger partial charge in [0.1, 0.15) is 0 Å². The summed E-state index contributed by atoms with van der Waals surface area (Å²) in [6, 6.07) is 8.13. The Hall–Kier alpha value is -2.40. The van der Waals surface area contributed by atoms with Crippen LogP contribution in [0.4, 0.5) is 0 Å². The minimum Gasteiger partial charge on any atom is -0.477 e. The molecule has 1 aliphatic rings. The lowest BCUT2D eigenvalue weighted by atomic mass is 10.0. The number of piperazine rings is 1. The number of carbonyl (C=O) groups excluding carboxylic acids is 1. The van der Waals surface area contributed by atoms with E-state index in [9.17, 15) is 23.1 Å². The number of aromatic nitrogens is 1. The van der Waals surface area contributed by atoms with E-state index in [4.69, 9.17) is 16.7 Å². The summed E-state index contributed by atoms with van der Waals surface area (Å²) in [6.07, 6.45) is 1.09. The highest BCUT2D eigenvalue weighted by atomic mass is 35.5. The fraction of sp³-hybridized carbons (Fsp3) is 0.294. The summed E-state index contributed by atoms with van der Waals surface area (Å²) in [6.45, 7) is 2.56. The number of halogens is 1. The fourth-order valence-electron chi connectivity index (χ4n) is 3.11. The van der Waals surface area contributed by atoms with Crippen molar-refractivity contribution < 1.29 is 23.1 Å². The smallest absolute Gasteiger partial charge is 0.354 e. The number of nitrogens with zero attached hydrogens (tertiary/aromatic N) is 3. The van der Waals surface area contributed by atoms with Crippen LogP contribution in [-0.4, -0.2) is 71.4 Å². The number of alkyl halides is 1. The summed E-state index contributed by atoms with van der Waals surface area (Å²) < 4.78 is 23.7. The van der Waals surface area contributed by atoms with Crippen molar-refractivity contribution in [3.05, 3.63) is 47.8 Å². The molecule has 0 saturated carbocycles. The summed E-state index contributed by atoms with van der Waals surface area (Å²) in [5.74, 6) is -1.55. The molecular formula is C17H19ClN4O5S. The zero-order valence-corrected chi connectivity index (χ0v) is 16.4. The number of nitrogens with two attached hydrogens (primary N) is 1. The number of aromatic carboxylic acids is 1. The second-order valence-electron chi connectivity index (χ2n) is 6.33. The molecule has 150 valence electrons. The Morgan fingerprint density at radius 3 is 2.18 bits per heavy atom. The molecule has 0 spiro atoms. The van der Waals surface area contributed by atoms with Crippen LogP contribution in [0.15, 0.2) is 36.5 Å². The highest BCUT2D eigenvalue weighted by Gasteiger charge is 2.24. The van der Waals surface area contributed by atoms with Crippen LogP contribution in [0.25, 0.3) is 11.1 Å². The van der Waals surface area contributed by atoms with Crippen LogP contribution in [0.3, 0.4) is 0 Å². The molecule has 1 amide bonds. The van der Waals surface area contributed by atoms with E-state index in [1.807, 2.05) is 4.90 Å². The number of amides is 1. The maximum Gasteiger partial charge on any atom is 0.354 e. The zero-order valence-electron chi connectivity index (χ0n) is 14.8. The van der Waals surface area contributed by atoms with E-state index in [0.717, 1.165) is 6.20 Å². The lowest BCUT2D eigenvalue weighted by Crippen LogP contribution is -2.48. The maximum absolute atomic E-state index is 12.6. The molecule has 0 bridgehead atoms. The fourth-order valence-corrected chi connectivity index (χ4v) is 4.01. The Kier molecular flexibility index (Phi) is 5.75. The molecule has 3 N–H and O–H groups in total. The van der Waals surface area contributed by atoms with Gasteiger partial charge in [-0.05, 0) is 23.8 Å². The zero-order chi connectivity index (χ0) is 20.5. The van der Waals surface area contributed by atoms with Crippen molar-refractivity contribution in [2.75, 3.05) is 32.2 Å². The number of benzene rings is 1. The van der Waals surface area contributed by atoms with E-state index < -0.39 is 21.9 Å². The van der Waals surface area contributed by atoms with Gasteiger partial charge in [-0.25, -0.2) is 13.9 Å². The average Bonchev–Trinajstić information content (AvgIpc) is 3.14. The van der Waals surface area contributed by atoms with Gasteiger partial charge in [0.2, 0.25) is 0 Å². The molecule has 0 radical (unpaired) electrons. The summed E-state index contributed by atoms with van der Waals surface area (Å²) in [4.78, 5) is 27.9. The molecule has 1 aliphatic heterocycles. The Morgan fingerprint density at radius 1 is 1.07 bits per heavy atom. The van der Waals surface area contributed by atoms with Crippen molar-refractivity contribution in [2.45, 2.75) is 0 Å². The standard InChI is InChI=1S/C17H19ClN4O5S/c18-11-20-7-9-21(10-8-20)16(23)13-3-1-12(2-4-13)14-5-6-22(28(19,26)27)15(14)17(24)25/h1-6H,7-11H2,(H,24,25)(H2,19,26,27). The molecule has 1 saturated heterocycles. The minimum atomic E-state index is -4.25. The summed E-state index contributed by atoms with van der Waals surface area (Å²) in [5.41, 5.74) is 0.657. The quantitative estimate of drug-likeness (QED) is 0.539. The molecule has 1 aromatic heterocycles. The normalized spacial score (nSPS) is 15.6. The predicted octanol–water partition coefficient (Wildman–Crippen LogP) is 0.859. The summed E-state index contributed by atoms with van der Waals surface area (Å²) in [5, 5.41) is 14.5. The molecule has 2 heterocycles. The highest BCUT2D eigenvalue weighted by molar-refractivity contribution is 7.87. The molecule has 11 heteroatoms. The lowest BCUT2D eigenvalue weighted by Gasteiger charge is -2.33. The van der Waals surface area contributed by atoms with Crippen molar-refractivity contribution in [1.82, 2.24) is 13.8 Å². The first-order valence-corrected chi connectivity index (χ1v) is 10.4. The number of carboxylic acids is 1. The summed E-state index contributed by atoms with van der Waals surface area (Å²) >= 11 is 5.80. The third-order valence-corrected chi connectivity index (χ3v) is 5.79. The largest absolute Gasteiger partial charge is 0.477 e. The topological polar surface area (TPSA) is 126 Å². The van der Waals surface area contributed by atoms with Crippen LogP contribution < -0.4 is 5.14 Å². The van der Waals surface area contributed by atoms with Gasteiger partial charge in [-0.1, -0.05) is 12.1 Å². The Balaban J connectivity index is 1.85. The van der Waals surface area contributed by atoms with Crippen LogP contribution >= 0.6 is 11.6 Å². The van der Waals surface area contributed by atoms with Gasteiger partial charge in [0.05, 0.1) is 6.00 Å². The van der Waals surface area contributed by atoms with Crippen molar-refractivity contribution in [3.8, 4) is 11.1 Å². The number of hydrogen-bond acceptors (Lipinski definition) is 5.